The first kappa shape index (κ1) is 15.9. The van der Waals surface area contributed by atoms with Crippen molar-refractivity contribution in [2.75, 3.05) is 26.8 Å². The molecule has 3 N–H and O–H groups in total. The van der Waals surface area contributed by atoms with Crippen molar-refractivity contribution in [1.29, 1.82) is 0 Å². The summed E-state index contributed by atoms with van der Waals surface area (Å²) in [7, 11) is 1.51. The molecule has 0 spiro atoms. The van der Waals surface area contributed by atoms with E-state index in [2.05, 4.69) is 5.32 Å². The Morgan fingerprint density at radius 2 is 2.06 bits per heavy atom. The van der Waals surface area contributed by atoms with E-state index in [1.807, 2.05) is 0 Å². The standard InChI is InChI=1S/C11H22N2O4/c1-4-17-11(15)8(2)7-13-10(14)5-9(6-12)16-3/h8-9H,4-7,12H2,1-3H3,(H,13,14). The van der Waals surface area contributed by atoms with Gasteiger partial charge in [0.1, 0.15) is 0 Å². The summed E-state index contributed by atoms with van der Waals surface area (Å²) in [5.41, 5.74) is 5.40. The predicted octanol–water partition coefficient (Wildman–Crippen LogP) is -0.334. The summed E-state index contributed by atoms with van der Waals surface area (Å²) in [6, 6.07) is 0. The monoisotopic (exact) mass is 246 g/mol. The summed E-state index contributed by atoms with van der Waals surface area (Å²) in [5, 5.41) is 2.65. The molecule has 2 unspecified atom stereocenters. The number of carbonyl (C=O) groups excluding carboxylic acids is 2. The SMILES string of the molecule is CCOC(=O)C(C)CNC(=O)CC(CN)OC. The second kappa shape index (κ2) is 8.95. The number of hydrogen-bond donors (Lipinski definition) is 2. The summed E-state index contributed by atoms with van der Waals surface area (Å²) < 4.78 is 9.81. The van der Waals surface area contributed by atoms with Crippen molar-refractivity contribution >= 4 is 11.9 Å². The normalized spacial score (nSPS) is 13.9. The third-order valence-electron chi connectivity index (χ3n) is 2.30. The third-order valence-corrected chi connectivity index (χ3v) is 2.30. The van der Waals surface area contributed by atoms with Crippen molar-refractivity contribution in [1.82, 2.24) is 5.32 Å². The Hall–Kier alpha value is -1.14. The van der Waals surface area contributed by atoms with Gasteiger partial charge in [0.15, 0.2) is 0 Å². The zero-order valence-corrected chi connectivity index (χ0v) is 10.7. The molecule has 0 heterocycles. The van der Waals surface area contributed by atoms with Crippen LogP contribution in [0, 0.1) is 5.92 Å². The number of hydrogen-bond acceptors (Lipinski definition) is 5. The number of rotatable bonds is 8. The van der Waals surface area contributed by atoms with E-state index in [0.717, 1.165) is 0 Å². The molecular formula is C11H22N2O4. The van der Waals surface area contributed by atoms with Crippen LogP contribution in [0.2, 0.25) is 0 Å². The van der Waals surface area contributed by atoms with Crippen LogP contribution in [0.1, 0.15) is 20.3 Å². The summed E-state index contributed by atoms with van der Waals surface area (Å²) in [5.74, 6) is -0.842. The van der Waals surface area contributed by atoms with Gasteiger partial charge in [-0.1, -0.05) is 6.92 Å². The smallest absolute Gasteiger partial charge is 0.310 e. The topological polar surface area (TPSA) is 90.7 Å². The number of nitrogens with two attached hydrogens (primary N) is 1. The number of amides is 1. The van der Waals surface area contributed by atoms with Crippen LogP contribution in [0.25, 0.3) is 0 Å². The molecule has 2 atom stereocenters. The molecule has 0 aliphatic heterocycles. The van der Waals surface area contributed by atoms with Crippen LogP contribution in [-0.2, 0) is 19.1 Å². The van der Waals surface area contributed by atoms with Gasteiger partial charge >= 0.3 is 5.97 Å². The molecule has 0 aliphatic rings. The van der Waals surface area contributed by atoms with Crippen molar-refractivity contribution in [3.05, 3.63) is 0 Å². The molecule has 0 aromatic heterocycles. The van der Waals surface area contributed by atoms with Crippen LogP contribution in [-0.4, -0.2) is 44.8 Å². The second-order valence-corrected chi connectivity index (χ2v) is 3.75. The van der Waals surface area contributed by atoms with Gasteiger partial charge < -0.3 is 20.5 Å². The molecule has 0 saturated carbocycles. The Morgan fingerprint density at radius 3 is 2.53 bits per heavy atom. The molecule has 0 fully saturated rings. The van der Waals surface area contributed by atoms with E-state index in [4.69, 9.17) is 15.2 Å². The van der Waals surface area contributed by atoms with E-state index in [-0.39, 0.29) is 43.4 Å². The average molecular weight is 246 g/mol. The molecule has 0 radical (unpaired) electrons. The first-order chi connectivity index (χ1) is 8.04. The largest absolute Gasteiger partial charge is 0.466 e. The first-order valence-electron chi connectivity index (χ1n) is 5.71. The maximum absolute atomic E-state index is 11.5. The zero-order chi connectivity index (χ0) is 13.3. The van der Waals surface area contributed by atoms with E-state index in [1.54, 1.807) is 13.8 Å². The Bertz CT molecular complexity index is 242. The van der Waals surface area contributed by atoms with E-state index < -0.39 is 0 Å². The van der Waals surface area contributed by atoms with Crippen LogP contribution >= 0.6 is 0 Å². The molecule has 0 saturated heterocycles. The maximum atomic E-state index is 11.5. The number of methoxy groups -OCH3 is 1. The van der Waals surface area contributed by atoms with E-state index >= 15 is 0 Å². The van der Waals surface area contributed by atoms with Crippen LogP contribution in [0.15, 0.2) is 0 Å². The minimum Gasteiger partial charge on any atom is -0.466 e. The lowest BCUT2D eigenvalue weighted by molar-refractivity contribution is -0.147. The summed E-state index contributed by atoms with van der Waals surface area (Å²) in [4.78, 5) is 22.7. The summed E-state index contributed by atoms with van der Waals surface area (Å²) in [6.07, 6.45) is -0.0874. The molecule has 0 bridgehead atoms. The molecular weight excluding hydrogens is 224 g/mol. The fraction of sp³-hybridized carbons (Fsp3) is 0.818. The zero-order valence-electron chi connectivity index (χ0n) is 10.7. The molecule has 6 heteroatoms. The minimum absolute atomic E-state index is 0.182. The molecule has 17 heavy (non-hydrogen) atoms. The highest BCUT2D eigenvalue weighted by molar-refractivity contribution is 5.78. The molecule has 0 aliphatic carbocycles. The molecule has 0 aromatic rings. The first-order valence-corrected chi connectivity index (χ1v) is 5.71. The molecule has 0 aromatic carbocycles. The van der Waals surface area contributed by atoms with Gasteiger partial charge in [-0.2, -0.15) is 0 Å². The fourth-order valence-electron chi connectivity index (χ4n) is 1.18. The van der Waals surface area contributed by atoms with Crippen LogP contribution in [0.3, 0.4) is 0 Å². The number of nitrogens with one attached hydrogen (secondary N) is 1. The van der Waals surface area contributed by atoms with E-state index in [9.17, 15) is 9.59 Å². The summed E-state index contributed by atoms with van der Waals surface area (Å²) in [6.45, 7) is 4.34. The molecule has 0 rings (SSSR count). The highest BCUT2D eigenvalue weighted by Gasteiger charge is 2.16. The second-order valence-electron chi connectivity index (χ2n) is 3.75. The van der Waals surface area contributed by atoms with Crippen molar-refractivity contribution in [2.45, 2.75) is 26.4 Å². The number of carbonyl (C=O) groups is 2. The molecule has 6 nitrogen and oxygen atoms in total. The quantitative estimate of drug-likeness (QED) is 0.572. The van der Waals surface area contributed by atoms with Crippen LogP contribution in [0.5, 0.6) is 0 Å². The average Bonchev–Trinajstić information content (AvgIpc) is 2.33. The highest BCUT2D eigenvalue weighted by Crippen LogP contribution is 1.98. The van der Waals surface area contributed by atoms with Crippen molar-refractivity contribution in [2.24, 2.45) is 11.7 Å². The van der Waals surface area contributed by atoms with Gasteiger partial charge in [0.2, 0.25) is 5.91 Å². The Labute approximate surface area is 102 Å². The highest BCUT2D eigenvalue weighted by atomic mass is 16.5. The van der Waals surface area contributed by atoms with Gasteiger partial charge in [-0.15, -0.1) is 0 Å². The van der Waals surface area contributed by atoms with E-state index in [1.165, 1.54) is 7.11 Å². The molecule has 1 amide bonds. The lowest BCUT2D eigenvalue weighted by Gasteiger charge is -2.14. The fourth-order valence-corrected chi connectivity index (χ4v) is 1.18. The van der Waals surface area contributed by atoms with Crippen molar-refractivity contribution in [3.63, 3.8) is 0 Å². The number of ether oxygens (including phenoxy) is 2. The lowest BCUT2D eigenvalue weighted by atomic mass is 10.1. The predicted molar refractivity (Wildman–Crippen MR) is 63.3 cm³/mol. The number of esters is 1. The van der Waals surface area contributed by atoms with Gasteiger partial charge in [-0.05, 0) is 6.92 Å². The van der Waals surface area contributed by atoms with Gasteiger partial charge in [-0.25, -0.2) is 0 Å². The van der Waals surface area contributed by atoms with Gasteiger partial charge in [0.05, 0.1) is 25.0 Å². The van der Waals surface area contributed by atoms with Crippen LogP contribution < -0.4 is 11.1 Å². The van der Waals surface area contributed by atoms with Gasteiger partial charge in [0, 0.05) is 20.2 Å². The van der Waals surface area contributed by atoms with Crippen molar-refractivity contribution in [3.8, 4) is 0 Å². The summed E-state index contributed by atoms with van der Waals surface area (Å²) >= 11 is 0. The van der Waals surface area contributed by atoms with Crippen molar-refractivity contribution < 1.29 is 19.1 Å². The lowest BCUT2D eigenvalue weighted by Crippen LogP contribution is -2.36. The maximum Gasteiger partial charge on any atom is 0.310 e. The minimum atomic E-state index is -0.349. The van der Waals surface area contributed by atoms with Gasteiger partial charge in [-0.3, -0.25) is 9.59 Å². The van der Waals surface area contributed by atoms with E-state index in [0.29, 0.717) is 6.61 Å². The third kappa shape index (κ3) is 6.91. The Morgan fingerprint density at radius 1 is 1.41 bits per heavy atom. The Balaban J connectivity index is 3.87. The Kier molecular flexibility index (Phi) is 8.35. The molecule has 100 valence electrons. The van der Waals surface area contributed by atoms with Crippen LogP contribution in [0.4, 0.5) is 0 Å². The van der Waals surface area contributed by atoms with Gasteiger partial charge in [0.25, 0.3) is 0 Å².